The van der Waals surface area contributed by atoms with E-state index in [0.29, 0.717) is 23.3 Å². The summed E-state index contributed by atoms with van der Waals surface area (Å²) in [5, 5.41) is 0.152. The average Bonchev–Trinajstić information content (AvgIpc) is 3.30. The Morgan fingerprint density at radius 2 is 1.88 bits per heavy atom. The van der Waals surface area contributed by atoms with Gasteiger partial charge in [0.2, 0.25) is 5.89 Å². The van der Waals surface area contributed by atoms with Gasteiger partial charge in [-0.05, 0) is 90.0 Å². The number of fused-ring (bicyclic) bond motifs is 3. The van der Waals surface area contributed by atoms with E-state index in [2.05, 4.69) is 4.98 Å². The molecule has 1 aliphatic carbocycles. The van der Waals surface area contributed by atoms with Crippen LogP contribution in [0.2, 0.25) is 0 Å². The number of oxazole rings is 1. The lowest BCUT2D eigenvalue weighted by Crippen LogP contribution is -2.50. The van der Waals surface area contributed by atoms with Crippen LogP contribution in [0.4, 0.5) is 13.2 Å². The molecule has 0 N–H and O–H groups in total. The minimum Gasteiger partial charge on any atom is -0.458 e. The second-order valence-electron chi connectivity index (χ2n) is 13.9. The first-order valence-corrected chi connectivity index (χ1v) is 17.0. The molecule has 2 aliphatic heterocycles. The van der Waals surface area contributed by atoms with E-state index in [4.69, 9.17) is 23.4 Å². The lowest BCUT2D eigenvalue weighted by molar-refractivity contribution is -0.161. The van der Waals surface area contributed by atoms with Gasteiger partial charge in [0.15, 0.2) is 5.54 Å². The Kier molecular flexibility index (Phi) is 8.51. The Morgan fingerprint density at radius 3 is 2.49 bits per heavy atom. The Balaban J connectivity index is 1.42. The number of aryl methyl sites for hydroxylation is 1. The van der Waals surface area contributed by atoms with Gasteiger partial charge >= 0.3 is 18.3 Å². The minimum absolute atomic E-state index is 0.0357. The highest BCUT2D eigenvalue weighted by Gasteiger charge is 2.56. The first-order chi connectivity index (χ1) is 23.2. The van der Waals surface area contributed by atoms with Crippen LogP contribution in [-0.4, -0.2) is 50.6 Å². The summed E-state index contributed by atoms with van der Waals surface area (Å²) in [6.07, 6.45) is 4.28. The first-order valence-electron chi connectivity index (χ1n) is 16.2. The Hall–Kier alpha value is -3.95. The van der Waals surface area contributed by atoms with Gasteiger partial charge in [0, 0.05) is 5.56 Å². The number of halogens is 3. The topological polar surface area (TPSA) is 124 Å². The van der Waals surface area contributed by atoms with Crippen molar-refractivity contribution in [2.75, 3.05) is 0 Å². The molecule has 11 nitrogen and oxygen atoms in total. The molecular weight excluding hydrogens is 667 g/mol. The zero-order valence-electron chi connectivity index (χ0n) is 27.4. The van der Waals surface area contributed by atoms with E-state index in [0.717, 1.165) is 46.9 Å². The van der Waals surface area contributed by atoms with Crippen molar-refractivity contribution in [3.8, 4) is 16.5 Å². The van der Waals surface area contributed by atoms with Gasteiger partial charge < -0.3 is 23.4 Å². The lowest BCUT2D eigenvalue weighted by atomic mass is 10.0. The molecule has 1 aromatic carbocycles. The molecule has 3 aliphatic rings. The zero-order chi connectivity index (χ0) is 34.8. The Morgan fingerprint density at radius 1 is 1.16 bits per heavy atom. The molecule has 0 radical (unpaired) electrons. The van der Waals surface area contributed by atoms with Crippen molar-refractivity contribution in [3.05, 3.63) is 68.4 Å². The molecule has 2 bridgehead atoms. The second-order valence-corrected chi connectivity index (χ2v) is 14.9. The van der Waals surface area contributed by atoms with E-state index in [-0.39, 0.29) is 59.0 Å². The number of ether oxygens (including phenoxy) is 4. The average molecular weight is 704 g/mol. The lowest BCUT2D eigenvalue weighted by Gasteiger charge is -2.32. The zero-order valence-corrected chi connectivity index (χ0v) is 28.2. The molecule has 2 saturated heterocycles. The molecule has 4 aromatic rings. The van der Waals surface area contributed by atoms with Gasteiger partial charge in [-0.1, -0.05) is 0 Å². The van der Waals surface area contributed by atoms with Crippen LogP contribution in [0.25, 0.3) is 21.0 Å². The maximum absolute atomic E-state index is 14.8. The van der Waals surface area contributed by atoms with Crippen LogP contribution < -0.4 is 16.0 Å². The Bertz CT molecular complexity index is 2000. The van der Waals surface area contributed by atoms with Crippen molar-refractivity contribution in [2.45, 2.75) is 115 Å². The largest absolute Gasteiger partial charge is 0.458 e. The summed E-state index contributed by atoms with van der Waals surface area (Å²) in [5.74, 6) is -1.53. The monoisotopic (exact) mass is 703 g/mol. The summed E-state index contributed by atoms with van der Waals surface area (Å²) in [4.78, 5) is 47.5. The van der Waals surface area contributed by atoms with E-state index < -0.39 is 53.0 Å². The highest BCUT2D eigenvalue weighted by molar-refractivity contribution is 7.22. The number of hydrogen-bond donors (Lipinski definition) is 0. The number of benzene rings is 1. The third-order valence-electron chi connectivity index (χ3n) is 9.26. The maximum atomic E-state index is 14.8. The first kappa shape index (κ1) is 33.5. The number of carbonyl (C=O) groups is 1. The minimum atomic E-state index is -3.22. The highest BCUT2D eigenvalue weighted by atomic mass is 32.1. The van der Waals surface area contributed by atoms with Gasteiger partial charge in [0.1, 0.15) is 34.4 Å². The second kappa shape index (κ2) is 12.4. The van der Waals surface area contributed by atoms with E-state index in [9.17, 15) is 27.6 Å². The van der Waals surface area contributed by atoms with Crippen molar-refractivity contribution in [1.29, 1.82) is 0 Å². The number of hydrogen-bond acceptors (Lipinski definition) is 10. The standard InChI is InChI=1S/C34H36F3N3O8S/c1-17-25-28(41)40(34(9-10-34)30(42)48-33(2,3)4)32(43)39(29(25)49-26(17)27-38-11-12-44-27)16-24(46-21-14-19-6-7-20(15-21)45-19)22-13-18(35)5-8-23(22)47-31(36)37/h5,8,11-13,19-21,24,31H,6-7,9-10,14-16H2,1-4H3/t19-,20+,21-,24-/m0/s1. The van der Waals surface area contributed by atoms with E-state index in [1.807, 2.05) is 0 Å². The summed E-state index contributed by atoms with van der Waals surface area (Å²) in [5.41, 5.74) is -3.51. The van der Waals surface area contributed by atoms with Crippen molar-refractivity contribution < 1.29 is 41.3 Å². The Labute approximate surface area is 282 Å². The molecule has 0 spiro atoms. The van der Waals surface area contributed by atoms with Crippen LogP contribution in [0.5, 0.6) is 5.75 Å². The fraction of sp³-hybridized carbons (Fsp3) is 0.529. The summed E-state index contributed by atoms with van der Waals surface area (Å²) >= 11 is 1.08. The number of carbonyl (C=O) groups excluding carboxylic acids is 1. The summed E-state index contributed by atoms with van der Waals surface area (Å²) in [6, 6.07) is 3.15. The highest BCUT2D eigenvalue weighted by Crippen LogP contribution is 2.45. The predicted octanol–water partition coefficient (Wildman–Crippen LogP) is 6.23. The summed E-state index contributed by atoms with van der Waals surface area (Å²) in [7, 11) is 0. The fourth-order valence-electron chi connectivity index (χ4n) is 6.94. The normalized spacial score (nSPS) is 22.1. The summed E-state index contributed by atoms with van der Waals surface area (Å²) < 4.78 is 72.9. The SMILES string of the molecule is Cc1c(-c2ncco2)sc2c1c(=O)n(C1(C(=O)OC(C)(C)C)CC1)c(=O)n2C[C@H](O[C@@H]1C[C@H]2CC[C@@H](C1)O2)c1cc(F)ccc1OC(F)F. The van der Waals surface area contributed by atoms with Crippen LogP contribution in [-0.2, 0) is 31.1 Å². The molecule has 0 amide bonds. The van der Waals surface area contributed by atoms with Gasteiger partial charge in [-0.3, -0.25) is 9.36 Å². The number of alkyl halides is 2. The molecule has 5 heterocycles. The molecular formula is C34H36F3N3O8S. The smallest absolute Gasteiger partial charge is 0.387 e. The number of thiophene rings is 1. The molecule has 15 heteroatoms. The van der Waals surface area contributed by atoms with Gasteiger partial charge in [-0.15, -0.1) is 11.3 Å². The van der Waals surface area contributed by atoms with Crippen molar-refractivity contribution >= 4 is 27.5 Å². The third kappa shape index (κ3) is 6.32. The van der Waals surface area contributed by atoms with Crippen molar-refractivity contribution in [1.82, 2.24) is 14.1 Å². The van der Waals surface area contributed by atoms with Crippen LogP contribution in [0, 0.1) is 12.7 Å². The van der Waals surface area contributed by atoms with Gasteiger partial charge in [-0.2, -0.15) is 8.78 Å². The number of rotatable bonds is 10. The molecule has 7 rings (SSSR count). The van der Waals surface area contributed by atoms with Crippen LogP contribution in [0.15, 0.2) is 44.7 Å². The number of esters is 1. The van der Waals surface area contributed by atoms with E-state index in [1.165, 1.54) is 17.0 Å². The molecule has 49 heavy (non-hydrogen) atoms. The third-order valence-corrected chi connectivity index (χ3v) is 10.6. The van der Waals surface area contributed by atoms with E-state index in [1.54, 1.807) is 27.7 Å². The quantitative estimate of drug-likeness (QED) is 0.177. The molecule has 3 aromatic heterocycles. The van der Waals surface area contributed by atoms with E-state index >= 15 is 0 Å². The van der Waals surface area contributed by atoms with Gasteiger partial charge in [0.25, 0.3) is 5.56 Å². The van der Waals surface area contributed by atoms with Crippen LogP contribution >= 0.6 is 11.3 Å². The van der Waals surface area contributed by atoms with Crippen LogP contribution in [0.3, 0.4) is 0 Å². The molecule has 3 fully saturated rings. The molecule has 4 atom stereocenters. The van der Waals surface area contributed by atoms with Gasteiger partial charge in [0.05, 0.1) is 41.3 Å². The number of nitrogens with zero attached hydrogens (tertiary/aromatic N) is 3. The van der Waals surface area contributed by atoms with Crippen molar-refractivity contribution in [2.24, 2.45) is 0 Å². The van der Waals surface area contributed by atoms with Crippen LogP contribution in [0.1, 0.15) is 76.5 Å². The predicted molar refractivity (Wildman–Crippen MR) is 171 cm³/mol. The van der Waals surface area contributed by atoms with Gasteiger partial charge in [-0.25, -0.2) is 23.5 Å². The number of aromatic nitrogens is 3. The molecule has 1 saturated carbocycles. The molecule has 262 valence electrons. The van der Waals surface area contributed by atoms with Crippen molar-refractivity contribution in [3.63, 3.8) is 0 Å². The maximum Gasteiger partial charge on any atom is 0.387 e. The summed E-state index contributed by atoms with van der Waals surface area (Å²) in [6.45, 7) is 3.23. The molecule has 0 unspecified atom stereocenters. The fourth-order valence-corrected chi connectivity index (χ4v) is 8.18.